The van der Waals surface area contributed by atoms with Crippen molar-refractivity contribution < 1.29 is 14.3 Å². The van der Waals surface area contributed by atoms with Crippen LogP contribution in [-0.2, 0) is 9.53 Å². The van der Waals surface area contributed by atoms with Crippen LogP contribution in [0.25, 0.3) is 0 Å². The van der Waals surface area contributed by atoms with Gasteiger partial charge in [-0.05, 0) is 19.4 Å². The molecular weight excluding hydrogens is 280 g/mol. The number of hydrogen-bond acceptors (Lipinski definition) is 3. The second-order valence-electron chi connectivity index (χ2n) is 4.95. The lowest BCUT2D eigenvalue weighted by Gasteiger charge is -2.26. The molecule has 0 heterocycles. The van der Waals surface area contributed by atoms with Crippen LogP contribution in [0.3, 0.4) is 0 Å². The molecule has 1 aromatic carbocycles. The molecule has 1 aromatic rings. The van der Waals surface area contributed by atoms with E-state index in [0.717, 1.165) is 5.56 Å². The predicted octanol–water partition coefficient (Wildman–Crippen LogP) is 3.20. The van der Waals surface area contributed by atoms with Gasteiger partial charge in [-0.3, -0.25) is 9.69 Å². The second kappa shape index (κ2) is 8.87. The van der Waals surface area contributed by atoms with Crippen LogP contribution in [0.1, 0.15) is 32.4 Å². The summed E-state index contributed by atoms with van der Waals surface area (Å²) in [5.41, 5.74) is 0.862. The molecular formula is C17H24N2O3. The van der Waals surface area contributed by atoms with Gasteiger partial charge in [0, 0.05) is 26.7 Å². The molecule has 0 aromatic heterocycles. The van der Waals surface area contributed by atoms with Crippen molar-refractivity contribution in [2.75, 3.05) is 20.1 Å². The summed E-state index contributed by atoms with van der Waals surface area (Å²) in [6.07, 6.45) is 2.54. The molecule has 0 aliphatic carbocycles. The molecule has 0 spiro atoms. The highest BCUT2D eigenvalue weighted by molar-refractivity contribution is 5.73. The molecule has 5 nitrogen and oxygen atoms in total. The van der Waals surface area contributed by atoms with Crippen LogP contribution in [0.4, 0.5) is 4.79 Å². The summed E-state index contributed by atoms with van der Waals surface area (Å²) in [5, 5.41) is 0. The van der Waals surface area contributed by atoms with E-state index in [0.29, 0.717) is 13.1 Å². The van der Waals surface area contributed by atoms with Crippen LogP contribution in [-0.4, -0.2) is 41.9 Å². The fourth-order valence-electron chi connectivity index (χ4n) is 1.92. The van der Waals surface area contributed by atoms with Crippen molar-refractivity contribution in [3.63, 3.8) is 0 Å². The second-order valence-corrected chi connectivity index (χ2v) is 4.95. The number of carbonyl (C=O) groups excluding carboxylic acids is 2. The Balaban J connectivity index is 2.91. The van der Waals surface area contributed by atoms with Gasteiger partial charge in [-0.1, -0.05) is 36.4 Å². The Hall–Kier alpha value is -2.30. The minimum atomic E-state index is -0.498. The van der Waals surface area contributed by atoms with Gasteiger partial charge in [-0.25, -0.2) is 4.79 Å². The molecule has 0 N–H and O–H groups in total. The molecule has 22 heavy (non-hydrogen) atoms. The molecule has 0 aliphatic heterocycles. The first-order valence-electron chi connectivity index (χ1n) is 7.36. The number of allylic oxidation sites excluding steroid dienone is 1. The van der Waals surface area contributed by atoms with Crippen LogP contribution in [0.5, 0.6) is 0 Å². The number of ether oxygens (including phenoxy) is 1. The average molecular weight is 304 g/mol. The Morgan fingerprint density at radius 1 is 1.27 bits per heavy atom. The van der Waals surface area contributed by atoms with E-state index in [1.165, 1.54) is 16.7 Å². The number of hydrogen-bond donors (Lipinski definition) is 0. The molecule has 5 heteroatoms. The van der Waals surface area contributed by atoms with Gasteiger partial charge in [-0.2, -0.15) is 0 Å². The lowest BCUT2D eigenvalue weighted by atomic mass is 10.1. The van der Waals surface area contributed by atoms with Crippen LogP contribution in [0, 0.1) is 0 Å². The summed E-state index contributed by atoms with van der Waals surface area (Å²) >= 11 is 0. The van der Waals surface area contributed by atoms with E-state index < -0.39 is 12.2 Å². The zero-order valence-corrected chi connectivity index (χ0v) is 13.7. The van der Waals surface area contributed by atoms with Crippen molar-refractivity contribution in [1.29, 1.82) is 0 Å². The Morgan fingerprint density at radius 3 is 2.41 bits per heavy atom. The molecule has 1 unspecified atom stereocenters. The lowest BCUT2D eigenvalue weighted by Crippen LogP contribution is -2.34. The Morgan fingerprint density at radius 2 is 1.91 bits per heavy atom. The van der Waals surface area contributed by atoms with Gasteiger partial charge in [-0.15, -0.1) is 0 Å². The first kappa shape index (κ1) is 17.8. The van der Waals surface area contributed by atoms with Gasteiger partial charge < -0.3 is 9.64 Å². The minimum absolute atomic E-state index is 0.0715. The molecule has 0 aliphatic rings. The lowest BCUT2D eigenvalue weighted by molar-refractivity contribution is -0.128. The standard InChI is InChI=1S/C17H24N2O3/c1-5-12-19(6-2)17(21)22-16(13-18(4)14(3)20)15-10-8-7-9-11-15/h5,7-12,16H,6,13H2,1-4H3/b12-5-. The van der Waals surface area contributed by atoms with Gasteiger partial charge in [0.1, 0.15) is 6.10 Å². The number of nitrogens with zero attached hydrogens (tertiary/aromatic N) is 2. The highest BCUT2D eigenvalue weighted by Gasteiger charge is 2.22. The number of likely N-dealkylation sites (N-methyl/N-ethyl adjacent to an activating group) is 1. The Kier molecular flexibility index (Phi) is 7.16. The minimum Gasteiger partial charge on any atom is -0.439 e. The van der Waals surface area contributed by atoms with E-state index in [4.69, 9.17) is 4.74 Å². The monoisotopic (exact) mass is 304 g/mol. The molecule has 0 saturated heterocycles. The first-order chi connectivity index (χ1) is 10.5. The summed E-state index contributed by atoms with van der Waals surface area (Å²) in [6.45, 7) is 6.04. The van der Waals surface area contributed by atoms with Crippen molar-refractivity contribution >= 4 is 12.0 Å². The van der Waals surface area contributed by atoms with Crippen LogP contribution in [0.15, 0.2) is 42.6 Å². The third kappa shape index (κ3) is 5.24. The number of benzene rings is 1. The normalized spacial score (nSPS) is 12.0. The molecule has 0 saturated carbocycles. The first-order valence-corrected chi connectivity index (χ1v) is 7.36. The van der Waals surface area contributed by atoms with Gasteiger partial charge >= 0.3 is 6.09 Å². The molecule has 2 amide bonds. The highest BCUT2D eigenvalue weighted by Crippen LogP contribution is 2.19. The van der Waals surface area contributed by atoms with E-state index in [2.05, 4.69) is 0 Å². The summed E-state index contributed by atoms with van der Waals surface area (Å²) < 4.78 is 5.60. The highest BCUT2D eigenvalue weighted by atomic mass is 16.6. The third-order valence-corrected chi connectivity index (χ3v) is 3.30. The zero-order chi connectivity index (χ0) is 16.5. The van der Waals surface area contributed by atoms with Gasteiger partial charge in [0.25, 0.3) is 0 Å². The molecule has 120 valence electrons. The van der Waals surface area contributed by atoms with Crippen molar-refractivity contribution in [2.45, 2.75) is 26.9 Å². The molecule has 0 fully saturated rings. The van der Waals surface area contributed by atoms with E-state index >= 15 is 0 Å². The van der Waals surface area contributed by atoms with E-state index in [-0.39, 0.29) is 5.91 Å². The van der Waals surface area contributed by atoms with Crippen LogP contribution < -0.4 is 0 Å². The molecule has 0 radical (unpaired) electrons. The Labute approximate surface area is 132 Å². The maximum Gasteiger partial charge on any atom is 0.414 e. The predicted molar refractivity (Wildman–Crippen MR) is 86.2 cm³/mol. The molecule has 0 bridgehead atoms. The summed E-state index contributed by atoms with van der Waals surface area (Å²) in [6, 6.07) is 9.44. The summed E-state index contributed by atoms with van der Waals surface area (Å²) in [4.78, 5) is 26.7. The fraction of sp³-hybridized carbons (Fsp3) is 0.412. The zero-order valence-electron chi connectivity index (χ0n) is 13.7. The van der Waals surface area contributed by atoms with Crippen molar-refractivity contribution in [3.8, 4) is 0 Å². The fourth-order valence-corrected chi connectivity index (χ4v) is 1.92. The largest absolute Gasteiger partial charge is 0.439 e. The summed E-state index contributed by atoms with van der Waals surface area (Å²) in [7, 11) is 1.69. The van der Waals surface area contributed by atoms with Crippen LogP contribution in [0.2, 0.25) is 0 Å². The van der Waals surface area contributed by atoms with Gasteiger partial charge in [0.05, 0.1) is 6.54 Å². The molecule has 1 rings (SSSR count). The van der Waals surface area contributed by atoms with E-state index in [9.17, 15) is 9.59 Å². The molecule has 1 atom stereocenters. The summed E-state index contributed by atoms with van der Waals surface area (Å²) in [5.74, 6) is -0.0715. The SMILES string of the molecule is C/C=C\N(CC)C(=O)OC(CN(C)C(C)=O)c1ccccc1. The van der Waals surface area contributed by atoms with Gasteiger partial charge in [0.15, 0.2) is 0 Å². The smallest absolute Gasteiger partial charge is 0.414 e. The Bertz CT molecular complexity index is 514. The number of rotatable bonds is 6. The van der Waals surface area contributed by atoms with E-state index in [1.807, 2.05) is 44.2 Å². The van der Waals surface area contributed by atoms with Crippen molar-refractivity contribution in [1.82, 2.24) is 9.80 Å². The maximum absolute atomic E-state index is 12.2. The van der Waals surface area contributed by atoms with Crippen LogP contribution >= 0.6 is 0 Å². The van der Waals surface area contributed by atoms with Gasteiger partial charge in [0.2, 0.25) is 5.91 Å². The topological polar surface area (TPSA) is 49.9 Å². The quantitative estimate of drug-likeness (QED) is 0.811. The van der Waals surface area contributed by atoms with Crippen molar-refractivity contribution in [2.24, 2.45) is 0 Å². The number of amides is 2. The maximum atomic E-state index is 12.2. The third-order valence-electron chi connectivity index (χ3n) is 3.30. The van der Waals surface area contributed by atoms with Crippen molar-refractivity contribution in [3.05, 3.63) is 48.2 Å². The number of carbonyl (C=O) groups is 2. The van der Waals surface area contributed by atoms with E-state index in [1.54, 1.807) is 19.3 Å². The average Bonchev–Trinajstić information content (AvgIpc) is 2.52.